The first-order chi connectivity index (χ1) is 13.2. The zero-order chi connectivity index (χ0) is 19.1. The molecule has 0 aliphatic carbocycles. The van der Waals surface area contributed by atoms with Crippen molar-refractivity contribution in [1.82, 2.24) is 14.8 Å². The van der Waals surface area contributed by atoms with Gasteiger partial charge in [0.15, 0.2) is 5.16 Å². The summed E-state index contributed by atoms with van der Waals surface area (Å²) in [5.74, 6) is 2.34. The quantitative estimate of drug-likeness (QED) is 0.554. The van der Waals surface area contributed by atoms with Gasteiger partial charge in [-0.05, 0) is 23.6 Å². The summed E-state index contributed by atoms with van der Waals surface area (Å²) in [4.78, 5) is 11.2. The second-order valence-corrected chi connectivity index (χ2v) is 7.88. The normalized spacial score (nSPS) is 10.9. The first-order valence-corrected chi connectivity index (χ1v) is 10.9. The fourth-order valence-corrected chi connectivity index (χ4v) is 4.33. The summed E-state index contributed by atoms with van der Waals surface area (Å²) in [6, 6.07) is 18.6. The van der Waals surface area contributed by atoms with E-state index in [9.17, 15) is 4.79 Å². The summed E-state index contributed by atoms with van der Waals surface area (Å²) in [6.07, 6.45) is 0.908. The lowest BCUT2D eigenvalue weighted by molar-refractivity contribution is -0.115. The van der Waals surface area contributed by atoms with Crippen LogP contribution in [-0.2, 0) is 22.7 Å². The van der Waals surface area contributed by atoms with E-state index in [0.29, 0.717) is 5.16 Å². The SMILES string of the molecule is CCc1ccccc1-n1c(CSCc2ccccc2)nnc1SCC(N)=O. The summed E-state index contributed by atoms with van der Waals surface area (Å²) in [5.41, 5.74) is 8.88. The van der Waals surface area contributed by atoms with Crippen molar-refractivity contribution in [3.63, 3.8) is 0 Å². The summed E-state index contributed by atoms with van der Waals surface area (Å²) in [7, 11) is 0. The Labute approximate surface area is 167 Å². The fourth-order valence-electron chi connectivity index (χ4n) is 2.73. The van der Waals surface area contributed by atoms with E-state index >= 15 is 0 Å². The van der Waals surface area contributed by atoms with Crippen LogP contribution in [0.3, 0.4) is 0 Å². The van der Waals surface area contributed by atoms with E-state index < -0.39 is 0 Å². The number of primary amides is 1. The molecule has 0 atom stereocenters. The van der Waals surface area contributed by atoms with E-state index in [2.05, 4.69) is 58.1 Å². The third-order valence-electron chi connectivity index (χ3n) is 4.00. The minimum atomic E-state index is -0.363. The van der Waals surface area contributed by atoms with Gasteiger partial charge in [-0.25, -0.2) is 0 Å². The molecule has 0 bridgehead atoms. The number of benzene rings is 2. The summed E-state index contributed by atoms with van der Waals surface area (Å²) in [5, 5.41) is 9.42. The maximum atomic E-state index is 11.2. The lowest BCUT2D eigenvalue weighted by Gasteiger charge is -2.13. The Balaban J connectivity index is 1.85. The van der Waals surface area contributed by atoms with Crippen LogP contribution in [0.1, 0.15) is 23.9 Å². The molecule has 0 saturated carbocycles. The van der Waals surface area contributed by atoms with Crippen molar-refractivity contribution in [1.29, 1.82) is 0 Å². The van der Waals surface area contributed by atoms with Gasteiger partial charge >= 0.3 is 0 Å². The van der Waals surface area contributed by atoms with Crippen LogP contribution in [0.4, 0.5) is 0 Å². The minimum Gasteiger partial charge on any atom is -0.369 e. The van der Waals surface area contributed by atoms with Gasteiger partial charge in [0.2, 0.25) is 5.91 Å². The lowest BCUT2D eigenvalue weighted by Crippen LogP contribution is -2.14. The molecule has 0 saturated heterocycles. The number of hydrogen-bond acceptors (Lipinski definition) is 5. The Bertz CT molecular complexity index is 896. The van der Waals surface area contributed by atoms with Crippen molar-refractivity contribution in [2.24, 2.45) is 5.73 Å². The van der Waals surface area contributed by atoms with Crippen LogP contribution >= 0.6 is 23.5 Å². The maximum absolute atomic E-state index is 11.2. The average Bonchev–Trinajstić information content (AvgIpc) is 3.09. The highest BCUT2D eigenvalue weighted by Crippen LogP contribution is 2.27. The smallest absolute Gasteiger partial charge is 0.227 e. The van der Waals surface area contributed by atoms with Crippen LogP contribution in [0.25, 0.3) is 5.69 Å². The Morgan fingerprint density at radius 2 is 1.78 bits per heavy atom. The second-order valence-electron chi connectivity index (χ2n) is 5.95. The van der Waals surface area contributed by atoms with E-state index in [0.717, 1.165) is 29.4 Å². The minimum absolute atomic E-state index is 0.184. The van der Waals surface area contributed by atoms with E-state index in [4.69, 9.17) is 5.73 Å². The van der Waals surface area contributed by atoms with Crippen LogP contribution in [0, 0.1) is 0 Å². The Hall–Kier alpha value is -2.25. The first-order valence-electron chi connectivity index (χ1n) is 8.74. The van der Waals surface area contributed by atoms with Gasteiger partial charge < -0.3 is 5.73 Å². The highest BCUT2D eigenvalue weighted by atomic mass is 32.2. The molecule has 1 aromatic heterocycles. The van der Waals surface area contributed by atoms with Crippen molar-refractivity contribution in [3.8, 4) is 5.69 Å². The van der Waals surface area contributed by atoms with Crippen molar-refractivity contribution in [2.75, 3.05) is 5.75 Å². The number of thioether (sulfide) groups is 2. The number of aryl methyl sites for hydroxylation is 1. The Morgan fingerprint density at radius 3 is 2.52 bits per heavy atom. The average molecular weight is 399 g/mol. The van der Waals surface area contributed by atoms with Gasteiger partial charge in [-0.1, -0.05) is 67.2 Å². The highest BCUT2D eigenvalue weighted by Gasteiger charge is 2.17. The number of nitrogens with two attached hydrogens (primary N) is 1. The molecule has 0 fully saturated rings. The van der Waals surface area contributed by atoms with Crippen LogP contribution in [-0.4, -0.2) is 26.4 Å². The van der Waals surface area contributed by atoms with Gasteiger partial charge in [0.25, 0.3) is 0 Å². The van der Waals surface area contributed by atoms with Gasteiger partial charge in [0.05, 0.1) is 17.2 Å². The maximum Gasteiger partial charge on any atom is 0.227 e. The van der Waals surface area contributed by atoms with E-state index in [1.807, 2.05) is 18.2 Å². The van der Waals surface area contributed by atoms with E-state index in [1.54, 1.807) is 11.8 Å². The summed E-state index contributed by atoms with van der Waals surface area (Å²) < 4.78 is 2.06. The predicted molar refractivity (Wildman–Crippen MR) is 112 cm³/mol. The number of carbonyl (C=O) groups is 1. The molecule has 5 nitrogen and oxygen atoms in total. The van der Waals surface area contributed by atoms with Crippen molar-refractivity contribution in [3.05, 3.63) is 71.5 Å². The molecule has 3 aromatic rings. The van der Waals surface area contributed by atoms with Crippen LogP contribution in [0.15, 0.2) is 59.8 Å². The Kier molecular flexibility index (Phi) is 6.95. The van der Waals surface area contributed by atoms with Crippen LogP contribution in [0.2, 0.25) is 0 Å². The largest absolute Gasteiger partial charge is 0.369 e. The van der Waals surface area contributed by atoms with Gasteiger partial charge in [0.1, 0.15) is 5.82 Å². The molecule has 7 heteroatoms. The van der Waals surface area contributed by atoms with Crippen LogP contribution in [0.5, 0.6) is 0 Å². The number of para-hydroxylation sites is 1. The fraction of sp³-hybridized carbons (Fsp3) is 0.250. The van der Waals surface area contributed by atoms with Crippen molar-refractivity contribution in [2.45, 2.75) is 30.0 Å². The van der Waals surface area contributed by atoms with Gasteiger partial charge in [-0.3, -0.25) is 9.36 Å². The van der Waals surface area contributed by atoms with Gasteiger partial charge in [0, 0.05) is 5.75 Å². The molecule has 3 rings (SSSR count). The van der Waals surface area contributed by atoms with Crippen LogP contribution < -0.4 is 5.73 Å². The molecule has 0 aliphatic heterocycles. The van der Waals surface area contributed by atoms with Crippen molar-refractivity contribution < 1.29 is 4.79 Å². The standard InChI is InChI=1S/C20H22N4OS2/c1-2-16-10-6-7-11-17(16)24-19(22-23-20(24)27-13-18(21)25)14-26-12-15-8-4-3-5-9-15/h3-11H,2,12-14H2,1H3,(H2,21,25). The third kappa shape index (κ3) is 5.14. The molecule has 0 radical (unpaired) electrons. The molecular formula is C20H22N4OS2. The predicted octanol–water partition coefficient (Wildman–Crippen LogP) is 3.84. The molecule has 27 heavy (non-hydrogen) atoms. The Morgan fingerprint density at radius 1 is 1.04 bits per heavy atom. The zero-order valence-corrected chi connectivity index (χ0v) is 16.8. The monoisotopic (exact) mass is 398 g/mol. The van der Waals surface area contributed by atoms with Gasteiger partial charge in [-0.2, -0.15) is 0 Å². The van der Waals surface area contributed by atoms with E-state index in [1.165, 1.54) is 22.9 Å². The number of rotatable bonds is 9. The molecule has 1 heterocycles. The highest BCUT2D eigenvalue weighted by molar-refractivity contribution is 7.99. The van der Waals surface area contributed by atoms with Crippen molar-refractivity contribution >= 4 is 29.4 Å². The molecule has 0 unspecified atom stereocenters. The zero-order valence-electron chi connectivity index (χ0n) is 15.2. The number of aromatic nitrogens is 3. The molecule has 2 aromatic carbocycles. The summed E-state index contributed by atoms with van der Waals surface area (Å²) in [6.45, 7) is 2.13. The topological polar surface area (TPSA) is 73.8 Å². The lowest BCUT2D eigenvalue weighted by atomic mass is 10.1. The molecule has 140 valence electrons. The first kappa shape index (κ1) is 19.5. The second kappa shape index (κ2) is 9.62. The number of hydrogen-bond donors (Lipinski definition) is 1. The van der Waals surface area contributed by atoms with E-state index in [-0.39, 0.29) is 11.7 Å². The molecule has 0 spiro atoms. The van der Waals surface area contributed by atoms with Gasteiger partial charge in [-0.15, -0.1) is 22.0 Å². The number of carbonyl (C=O) groups excluding carboxylic acids is 1. The molecule has 1 amide bonds. The molecular weight excluding hydrogens is 376 g/mol. The molecule has 0 aliphatic rings. The third-order valence-corrected chi connectivity index (χ3v) is 5.95. The summed E-state index contributed by atoms with van der Waals surface area (Å²) >= 11 is 3.12. The molecule has 2 N–H and O–H groups in total. The number of nitrogens with zero attached hydrogens (tertiary/aromatic N) is 3. The number of amides is 1.